The summed E-state index contributed by atoms with van der Waals surface area (Å²) in [6.07, 6.45) is 8.41. The molecule has 0 unspecified atom stereocenters. The number of nitrogens with two attached hydrogens (primary N) is 1. The van der Waals surface area contributed by atoms with Crippen LogP contribution in [0.4, 0.5) is 5.82 Å². The zero-order chi connectivity index (χ0) is 25.8. The normalized spacial score (nSPS) is 21.1. The number of Topliss-reactive ketones (excluding diaryl/α,β-unsaturated/α-hetero) is 1. The summed E-state index contributed by atoms with van der Waals surface area (Å²) in [7, 11) is 0. The number of fused-ring (bicyclic) bond motifs is 3. The van der Waals surface area contributed by atoms with E-state index in [9.17, 15) is 14.7 Å². The molecule has 11 heteroatoms. The van der Waals surface area contributed by atoms with Gasteiger partial charge in [-0.1, -0.05) is 0 Å². The molecule has 4 aromatic heterocycles. The van der Waals surface area contributed by atoms with Crippen LogP contribution in [0.1, 0.15) is 60.3 Å². The van der Waals surface area contributed by atoms with Crippen molar-refractivity contribution in [3.63, 3.8) is 0 Å². The Hall–Kier alpha value is -4.12. The van der Waals surface area contributed by atoms with Crippen molar-refractivity contribution in [1.29, 1.82) is 0 Å². The molecule has 0 radical (unpaired) electrons. The van der Waals surface area contributed by atoms with Crippen LogP contribution in [-0.4, -0.2) is 69.7 Å². The predicted octanol–water partition coefficient (Wildman–Crippen LogP) is 2.30. The molecule has 2 fully saturated rings. The van der Waals surface area contributed by atoms with E-state index in [1.54, 1.807) is 17.1 Å². The van der Waals surface area contributed by atoms with Crippen LogP contribution in [0.2, 0.25) is 0 Å². The first-order valence-corrected chi connectivity index (χ1v) is 12.4. The van der Waals surface area contributed by atoms with Crippen LogP contribution in [0.5, 0.6) is 0 Å². The minimum Gasteiger partial charge on any atom is -0.387 e. The van der Waals surface area contributed by atoms with Crippen molar-refractivity contribution >= 4 is 23.2 Å². The van der Waals surface area contributed by atoms with Crippen molar-refractivity contribution in [2.45, 2.75) is 57.5 Å². The summed E-state index contributed by atoms with van der Waals surface area (Å²) in [5, 5.41) is 18.3. The maximum absolute atomic E-state index is 12.7. The van der Waals surface area contributed by atoms with Crippen LogP contribution >= 0.6 is 0 Å². The van der Waals surface area contributed by atoms with E-state index in [1.807, 2.05) is 36.2 Å². The van der Waals surface area contributed by atoms with Gasteiger partial charge >= 0.3 is 0 Å². The van der Waals surface area contributed by atoms with Crippen LogP contribution in [-0.2, 0) is 4.79 Å². The minimum absolute atomic E-state index is 0.0227. The molecule has 11 nitrogen and oxygen atoms in total. The summed E-state index contributed by atoms with van der Waals surface area (Å²) >= 11 is 0. The Labute approximate surface area is 212 Å². The second-order valence-electron chi connectivity index (χ2n) is 9.93. The highest BCUT2D eigenvalue weighted by molar-refractivity contribution is 6.00. The van der Waals surface area contributed by atoms with E-state index >= 15 is 0 Å². The first kappa shape index (κ1) is 23.3. The first-order chi connectivity index (χ1) is 17.9. The molecule has 1 amide bonds. The molecule has 0 saturated carbocycles. The van der Waals surface area contributed by atoms with E-state index in [4.69, 9.17) is 10.7 Å². The molecule has 2 bridgehead atoms. The summed E-state index contributed by atoms with van der Waals surface area (Å²) in [4.78, 5) is 36.4. The summed E-state index contributed by atoms with van der Waals surface area (Å²) in [6.45, 7) is 2.93. The Kier molecular flexibility index (Phi) is 5.52. The van der Waals surface area contributed by atoms with Crippen molar-refractivity contribution < 1.29 is 14.7 Å². The molecule has 6 rings (SSSR count). The first-order valence-electron chi connectivity index (χ1n) is 12.4. The fraction of sp³-hybridized carbons (Fsp3) is 0.385. The molecule has 3 N–H and O–H groups in total. The molecule has 190 valence electrons. The van der Waals surface area contributed by atoms with Crippen molar-refractivity contribution in [2.24, 2.45) is 0 Å². The highest BCUT2D eigenvalue weighted by atomic mass is 16.3. The zero-order valence-corrected chi connectivity index (χ0v) is 20.7. The number of anilines is 1. The molecule has 2 saturated heterocycles. The van der Waals surface area contributed by atoms with E-state index in [2.05, 4.69) is 15.2 Å². The summed E-state index contributed by atoms with van der Waals surface area (Å²) in [6, 6.07) is 5.78. The van der Waals surface area contributed by atoms with Crippen molar-refractivity contribution in [3.8, 4) is 16.9 Å². The SMILES string of the molecule is CC(=O)c1c([C@H]2C[C@H]3CC[C@@H](C2)N3C(=O)CO)nc2c(-c3ccc(-n4ccc(C)n4)nc3)cnn2c1N. The number of aliphatic hydroxyl groups excluding tert-OH is 1. The number of aromatic nitrogens is 6. The molecule has 2 aliphatic heterocycles. The minimum atomic E-state index is -0.487. The maximum atomic E-state index is 12.7. The Morgan fingerprint density at radius 2 is 1.89 bits per heavy atom. The lowest BCUT2D eigenvalue weighted by molar-refractivity contribution is -0.138. The Morgan fingerprint density at radius 1 is 1.14 bits per heavy atom. The molecular formula is C26H28N8O3. The topological polar surface area (TPSA) is 145 Å². The number of piperidine rings is 1. The summed E-state index contributed by atoms with van der Waals surface area (Å²) in [5.41, 5.74) is 10.6. The second kappa shape index (κ2) is 8.77. The van der Waals surface area contributed by atoms with Crippen LogP contribution in [0.3, 0.4) is 0 Å². The second-order valence-corrected chi connectivity index (χ2v) is 9.93. The molecular weight excluding hydrogens is 472 g/mol. The molecule has 0 aliphatic carbocycles. The highest BCUT2D eigenvalue weighted by Crippen LogP contribution is 2.44. The van der Waals surface area contributed by atoms with Gasteiger partial charge in [-0.3, -0.25) is 9.59 Å². The molecule has 2 aliphatic rings. The van der Waals surface area contributed by atoms with Crippen LogP contribution < -0.4 is 5.73 Å². The Morgan fingerprint density at radius 3 is 2.49 bits per heavy atom. The summed E-state index contributed by atoms with van der Waals surface area (Å²) in [5.74, 6) is 0.523. The number of carbonyl (C=O) groups is 2. The fourth-order valence-electron chi connectivity index (χ4n) is 6.01. The molecule has 0 spiro atoms. The predicted molar refractivity (Wildman–Crippen MR) is 135 cm³/mol. The average molecular weight is 501 g/mol. The number of hydrogen-bond acceptors (Lipinski definition) is 8. The number of hydrogen-bond donors (Lipinski definition) is 2. The van der Waals surface area contributed by atoms with E-state index in [0.29, 0.717) is 35.6 Å². The molecule has 3 atom stereocenters. The van der Waals surface area contributed by atoms with Crippen LogP contribution in [0.15, 0.2) is 36.8 Å². The van der Waals surface area contributed by atoms with Gasteiger partial charge in [0.1, 0.15) is 12.4 Å². The average Bonchev–Trinajstić information content (AvgIpc) is 3.59. The van der Waals surface area contributed by atoms with Gasteiger partial charge in [0, 0.05) is 41.5 Å². The Bertz CT molecular complexity index is 1510. The number of rotatable bonds is 5. The lowest BCUT2D eigenvalue weighted by atomic mass is 9.85. The van der Waals surface area contributed by atoms with Gasteiger partial charge in [-0.15, -0.1) is 0 Å². The number of ketones is 1. The molecule has 37 heavy (non-hydrogen) atoms. The number of carbonyl (C=O) groups excluding carboxylic acids is 2. The van der Waals surface area contributed by atoms with Crippen LogP contribution in [0.25, 0.3) is 22.6 Å². The smallest absolute Gasteiger partial charge is 0.248 e. The number of aryl methyl sites for hydroxylation is 1. The van der Waals surface area contributed by atoms with Gasteiger partial charge in [0.05, 0.1) is 23.1 Å². The number of nitrogens with zero attached hydrogens (tertiary/aromatic N) is 7. The maximum Gasteiger partial charge on any atom is 0.248 e. The van der Waals surface area contributed by atoms with E-state index in [1.165, 1.54) is 11.4 Å². The van der Waals surface area contributed by atoms with E-state index in [-0.39, 0.29) is 35.5 Å². The number of nitrogen functional groups attached to an aromatic ring is 1. The zero-order valence-electron chi connectivity index (χ0n) is 20.7. The third-order valence-electron chi connectivity index (χ3n) is 7.62. The van der Waals surface area contributed by atoms with Gasteiger partial charge < -0.3 is 15.7 Å². The van der Waals surface area contributed by atoms with E-state index in [0.717, 1.165) is 29.7 Å². The van der Waals surface area contributed by atoms with Crippen molar-refractivity contribution in [2.75, 3.05) is 12.3 Å². The third-order valence-corrected chi connectivity index (χ3v) is 7.62. The van der Waals surface area contributed by atoms with E-state index < -0.39 is 6.61 Å². The Balaban J connectivity index is 1.41. The number of pyridine rings is 1. The van der Waals surface area contributed by atoms with Crippen LogP contribution in [0, 0.1) is 6.92 Å². The van der Waals surface area contributed by atoms with Gasteiger partial charge in [-0.25, -0.2) is 14.6 Å². The lowest BCUT2D eigenvalue weighted by Gasteiger charge is -2.39. The number of amides is 1. The van der Waals surface area contributed by atoms with Crippen molar-refractivity contribution in [3.05, 3.63) is 53.7 Å². The molecule has 6 heterocycles. The third kappa shape index (κ3) is 3.77. The van der Waals surface area contributed by atoms with Gasteiger partial charge in [-0.2, -0.15) is 14.7 Å². The highest BCUT2D eigenvalue weighted by Gasteiger charge is 2.44. The largest absolute Gasteiger partial charge is 0.387 e. The molecule has 4 aromatic rings. The van der Waals surface area contributed by atoms with Gasteiger partial charge in [0.2, 0.25) is 5.91 Å². The quantitative estimate of drug-likeness (QED) is 0.397. The lowest BCUT2D eigenvalue weighted by Crippen LogP contribution is -2.47. The van der Waals surface area contributed by atoms with Gasteiger partial charge in [0.15, 0.2) is 17.2 Å². The molecule has 0 aromatic carbocycles. The van der Waals surface area contributed by atoms with Crippen molar-refractivity contribution in [1.82, 2.24) is 34.3 Å². The standard InChI is InChI=1S/C26H28N8O3/c1-14-7-8-32(31-14)21-6-3-16(11-28-21)20-12-29-34-25(27)23(15(2)36)24(30-26(20)34)17-9-18-4-5-19(10-17)33(18)22(37)13-35/h3,6-8,11-12,17-19,35H,4-5,9-10,13,27H2,1-2H3/t17-,18+,19-. The monoisotopic (exact) mass is 500 g/mol. The number of aliphatic hydroxyl groups is 1. The van der Waals surface area contributed by atoms with Gasteiger partial charge in [-0.05, 0) is 57.7 Å². The fourth-order valence-corrected chi connectivity index (χ4v) is 6.01. The van der Waals surface area contributed by atoms with Gasteiger partial charge in [0.25, 0.3) is 0 Å². The summed E-state index contributed by atoms with van der Waals surface area (Å²) < 4.78 is 3.23.